The monoisotopic (exact) mass is 341 g/mol. The Morgan fingerprint density at radius 2 is 1.96 bits per heavy atom. The van der Waals surface area contributed by atoms with Gasteiger partial charge in [-0.05, 0) is 43.2 Å². The van der Waals surface area contributed by atoms with Crippen molar-refractivity contribution in [3.05, 3.63) is 59.2 Å². The van der Waals surface area contributed by atoms with Crippen LogP contribution in [-0.2, 0) is 17.8 Å². The minimum absolute atomic E-state index is 0.422. The molecule has 0 radical (unpaired) electrons. The molecular weight excluding hydrogens is 314 g/mol. The zero-order valence-electron chi connectivity index (χ0n) is 15.4. The van der Waals surface area contributed by atoms with Crippen molar-refractivity contribution in [1.82, 2.24) is 15.0 Å². The summed E-state index contributed by atoms with van der Waals surface area (Å²) in [5.74, 6) is 0.572. The van der Waals surface area contributed by atoms with Gasteiger partial charge in [-0.3, -0.25) is 4.98 Å². The lowest BCUT2D eigenvalue weighted by Gasteiger charge is -2.13. The Morgan fingerprint density at radius 3 is 2.68 bits per heavy atom. The van der Waals surface area contributed by atoms with Crippen molar-refractivity contribution in [3.63, 3.8) is 0 Å². The molecule has 2 heterocycles. The summed E-state index contributed by atoms with van der Waals surface area (Å²) in [5, 5.41) is 10.5. The lowest BCUT2D eigenvalue weighted by Crippen LogP contribution is -2.08. The van der Waals surface area contributed by atoms with E-state index in [1.54, 1.807) is 6.20 Å². The minimum atomic E-state index is -0.712. The van der Waals surface area contributed by atoms with Crippen LogP contribution in [0, 0.1) is 6.92 Å². The average Bonchev–Trinajstić information content (AvgIpc) is 3.08. The second kappa shape index (κ2) is 9.30. The van der Waals surface area contributed by atoms with E-state index < -0.39 is 6.10 Å². The Kier molecular flexibility index (Phi) is 7.10. The van der Waals surface area contributed by atoms with E-state index in [2.05, 4.69) is 15.0 Å². The van der Waals surface area contributed by atoms with Crippen LogP contribution in [0.2, 0.25) is 0 Å². The first-order valence-electron chi connectivity index (χ1n) is 8.83. The molecule has 0 aliphatic carbocycles. The molecule has 1 aromatic carbocycles. The van der Waals surface area contributed by atoms with Gasteiger partial charge in [0, 0.05) is 24.9 Å². The number of nitrogens with one attached hydrogen (secondary N) is 1. The van der Waals surface area contributed by atoms with E-state index in [0.717, 1.165) is 27.9 Å². The van der Waals surface area contributed by atoms with Crippen molar-refractivity contribution in [2.45, 2.75) is 46.8 Å². The molecule has 1 atom stereocenters. The first-order valence-corrected chi connectivity index (χ1v) is 8.83. The van der Waals surface area contributed by atoms with Crippen LogP contribution < -0.4 is 0 Å². The molecular formula is C20H27N3O2. The first-order chi connectivity index (χ1) is 12.2. The largest absolute Gasteiger partial charge is 0.385 e. The number of aromatic amines is 1. The van der Waals surface area contributed by atoms with E-state index >= 15 is 0 Å². The number of nitrogens with zero attached hydrogens (tertiary/aromatic N) is 2. The zero-order valence-corrected chi connectivity index (χ0v) is 15.4. The van der Waals surface area contributed by atoms with Gasteiger partial charge in [-0.25, -0.2) is 4.98 Å². The Bertz CT molecular complexity index is 765. The smallest absolute Gasteiger partial charge is 0.136 e. The molecule has 0 aliphatic heterocycles. The van der Waals surface area contributed by atoms with Crippen LogP contribution in [-0.4, -0.2) is 26.7 Å². The normalized spacial score (nSPS) is 11.9. The number of ether oxygens (including phenoxy) is 1. The number of para-hydroxylation sites is 2. The number of H-pyrrole nitrogens is 1. The van der Waals surface area contributed by atoms with Crippen molar-refractivity contribution >= 4 is 11.0 Å². The van der Waals surface area contributed by atoms with Gasteiger partial charge in [-0.1, -0.05) is 26.0 Å². The van der Waals surface area contributed by atoms with E-state index in [9.17, 15) is 5.11 Å². The van der Waals surface area contributed by atoms with E-state index in [1.807, 2.05) is 58.0 Å². The third-order valence-electron chi connectivity index (χ3n) is 3.99. The Morgan fingerprint density at radius 1 is 1.20 bits per heavy atom. The number of aliphatic hydroxyl groups excluding tert-OH is 1. The van der Waals surface area contributed by atoms with Gasteiger partial charge in [0.25, 0.3) is 0 Å². The molecule has 5 heteroatoms. The van der Waals surface area contributed by atoms with Gasteiger partial charge in [0.2, 0.25) is 0 Å². The quantitative estimate of drug-likeness (QED) is 0.708. The number of fused-ring (bicyclic) bond motifs is 1. The second-order valence-corrected chi connectivity index (χ2v) is 5.54. The maximum Gasteiger partial charge on any atom is 0.136 e. The molecule has 0 bridgehead atoms. The molecule has 0 aliphatic rings. The predicted molar refractivity (Wildman–Crippen MR) is 100 cm³/mol. The van der Waals surface area contributed by atoms with Gasteiger partial charge in [0.05, 0.1) is 17.6 Å². The fourth-order valence-electron chi connectivity index (χ4n) is 2.61. The Hall–Kier alpha value is -2.24. The highest BCUT2D eigenvalue weighted by atomic mass is 16.5. The summed E-state index contributed by atoms with van der Waals surface area (Å²) in [6.07, 6.45) is 1.48. The van der Waals surface area contributed by atoms with Gasteiger partial charge in [-0.15, -0.1) is 0 Å². The molecule has 3 aromatic rings. The van der Waals surface area contributed by atoms with Crippen molar-refractivity contribution in [2.75, 3.05) is 6.61 Å². The number of pyridine rings is 1. The van der Waals surface area contributed by atoms with Crippen molar-refractivity contribution in [2.24, 2.45) is 0 Å². The summed E-state index contributed by atoms with van der Waals surface area (Å²) in [5.41, 5.74) is 4.83. The lowest BCUT2D eigenvalue weighted by atomic mass is 10.0. The molecule has 0 fully saturated rings. The standard InChI is InChI=1S/C18H21N3O2.C2H6/c1-3-23-11-13-8-9-19-16(12(13)2)10-17(22)18-20-14-6-4-5-7-15(14)21-18;1-2/h4-9,17,22H,3,10-11H2,1-2H3,(H,20,21);1-2H3/t17-;/m1./s1. The van der Waals surface area contributed by atoms with Crippen LogP contribution in [0.1, 0.15) is 49.5 Å². The van der Waals surface area contributed by atoms with Crippen molar-refractivity contribution in [1.29, 1.82) is 0 Å². The number of hydrogen-bond acceptors (Lipinski definition) is 4. The molecule has 0 amide bonds. The third-order valence-corrected chi connectivity index (χ3v) is 3.99. The van der Waals surface area contributed by atoms with Crippen LogP contribution in [0.4, 0.5) is 0 Å². The molecule has 0 saturated carbocycles. The minimum Gasteiger partial charge on any atom is -0.385 e. The van der Waals surface area contributed by atoms with Gasteiger partial charge in [0.15, 0.2) is 0 Å². The highest BCUT2D eigenvalue weighted by Gasteiger charge is 2.16. The van der Waals surface area contributed by atoms with Gasteiger partial charge in [-0.2, -0.15) is 0 Å². The molecule has 3 rings (SSSR count). The molecule has 2 aromatic heterocycles. The van der Waals surface area contributed by atoms with Crippen LogP contribution in [0.3, 0.4) is 0 Å². The van der Waals surface area contributed by atoms with Crippen LogP contribution >= 0.6 is 0 Å². The third kappa shape index (κ3) is 4.65. The lowest BCUT2D eigenvalue weighted by molar-refractivity contribution is 0.133. The maximum absolute atomic E-state index is 10.5. The van der Waals surface area contributed by atoms with E-state index in [4.69, 9.17) is 4.74 Å². The summed E-state index contributed by atoms with van der Waals surface area (Å²) >= 11 is 0. The maximum atomic E-state index is 10.5. The van der Waals surface area contributed by atoms with Gasteiger partial charge in [0.1, 0.15) is 11.9 Å². The number of hydrogen-bond donors (Lipinski definition) is 2. The SMILES string of the molecule is CC.CCOCc1ccnc(C[C@@H](O)c2nc3ccccc3[nH]2)c1C. The summed E-state index contributed by atoms with van der Waals surface area (Å²) in [6.45, 7) is 9.24. The van der Waals surface area contributed by atoms with E-state index in [-0.39, 0.29) is 0 Å². The summed E-state index contributed by atoms with van der Waals surface area (Å²) < 4.78 is 5.48. The number of aliphatic hydroxyl groups is 1. The Labute approximate surface area is 149 Å². The number of aromatic nitrogens is 3. The van der Waals surface area contributed by atoms with Crippen LogP contribution in [0.15, 0.2) is 36.5 Å². The molecule has 25 heavy (non-hydrogen) atoms. The molecule has 5 nitrogen and oxygen atoms in total. The van der Waals surface area contributed by atoms with Crippen LogP contribution in [0.5, 0.6) is 0 Å². The zero-order chi connectivity index (χ0) is 18.2. The molecule has 0 saturated heterocycles. The number of imidazole rings is 1. The van der Waals surface area contributed by atoms with Crippen molar-refractivity contribution in [3.8, 4) is 0 Å². The number of rotatable bonds is 6. The van der Waals surface area contributed by atoms with Crippen molar-refractivity contribution < 1.29 is 9.84 Å². The molecule has 0 spiro atoms. The predicted octanol–water partition coefficient (Wildman–Crippen LogP) is 4.11. The topological polar surface area (TPSA) is 71.0 Å². The van der Waals surface area contributed by atoms with E-state index in [1.165, 1.54) is 0 Å². The molecule has 134 valence electrons. The fraction of sp³-hybridized carbons (Fsp3) is 0.400. The summed E-state index contributed by atoms with van der Waals surface area (Å²) in [7, 11) is 0. The van der Waals surface area contributed by atoms with Gasteiger partial charge >= 0.3 is 0 Å². The number of benzene rings is 1. The Balaban J connectivity index is 0.00000109. The first kappa shape index (κ1) is 19.1. The highest BCUT2D eigenvalue weighted by Crippen LogP contribution is 2.21. The summed E-state index contributed by atoms with van der Waals surface area (Å²) in [4.78, 5) is 12.0. The second-order valence-electron chi connectivity index (χ2n) is 5.54. The molecule has 2 N–H and O–H groups in total. The fourth-order valence-corrected chi connectivity index (χ4v) is 2.61. The van der Waals surface area contributed by atoms with Crippen LogP contribution in [0.25, 0.3) is 11.0 Å². The highest BCUT2D eigenvalue weighted by molar-refractivity contribution is 5.74. The molecule has 0 unspecified atom stereocenters. The summed E-state index contributed by atoms with van der Waals surface area (Å²) in [6, 6.07) is 9.71. The van der Waals surface area contributed by atoms with Gasteiger partial charge < -0.3 is 14.8 Å². The average molecular weight is 341 g/mol. The van der Waals surface area contributed by atoms with E-state index in [0.29, 0.717) is 25.5 Å².